The Morgan fingerprint density at radius 2 is 2.00 bits per heavy atom. The Morgan fingerprint density at radius 3 is 2.53 bits per heavy atom. The molecular weight excluding hydrogens is 271 g/mol. The molecule has 0 aliphatic carbocycles. The van der Waals surface area contributed by atoms with Crippen LogP contribution in [0.4, 0.5) is 0 Å². The van der Waals surface area contributed by atoms with E-state index in [4.69, 9.17) is 20.5 Å². The highest BCUT2D eigenvalue weighted by molar-refractivity contribution is 7.74. The minimum absolute atomic E-state index is 0.220. The molecule has 10 nitrogen and oxygen atoms in total. The largest absolute Gasteiger partial charge is 0.388 e. The summed E-state index contributed by atoms with van der Waals surface area (Å²) in [6.45, 7) is -1.10. The molecule has 0 aromatic rings. The van der Waals surface area contributed by atoms with Crippen LogP contribution in [-0.4, -0.2) is 52.4 Å². The van der Waals surface area contributed by atoms with Crippen molar-refractivity contribution in [1.82, 2.24) is 14.1 Å². The average Bonchev–Trinajstić information content (AvgIpc) is 2.19. The second-order valence-electron chi connectivity index (χ2n) is 2.32. The van der Waals surface area contributed by atoms with Crippen LogP contribution >= 0.6 is 25.8 Å². The van der Waals surface area contributed by atoms with Crippen molar-refractivity contribution < 1.29 is 35.2 Å². The molecule has 1 saturated heterocycles. The second-order valence-corrected chi connectivity index (χ2v) is 6.95. The van der Waals surface area contributed by atoms with Crippen LogP contribution in [0.25, 0.3) is 0 Å². The summed E-state index contributed by atoms with van der Waals surface area (Å²) in [7, 11) is -4.98. The van der Waals surface area contributed by atoms with Crippen molar-refractivity contribution in [2.24, 2.45) is 0 Å². The molecule has 0 amide bonds. The lowest BCUT2D eigenvalue weighted by molar-refractivity contribution is -0.308. The second kappa shape index (κ2) is 5.48. The number of nitrogens with one attached hydrogen (secondary N) is 1. The van der Waals surface area contributed by atoms with Crippen LogP contribution in [0.2, 0.25) is 0 Å². The van der Waals surface area contributed by atoms with Gasteiger partial charge in [-0.1, -0.05) is 9.21 Å². The molecule has 0 aromatic carbocycles. The maximum Gasteiger partial charge on any atom is 0.307 e. The lowest BCUT2D eigenvalue weighted by atomic mass is 10.6. The van der Waals surface area contributed by atoms with Crippen LogP contribution in [0.3, 0.4) is 0 Å². The molecule has 1 fully saturated rings. The number of hydrogen-bond donors (Lipinski definition) is 7. The molecule has 1 heterocycles. The summed E-state index contributed by atoms with van der Waals surface area (Å²) in [5, 5.41) is 44.5. The van der Waals surface area contributed by atoms with Crippen molar-refractivity contribution >= 4 is 25.8 Å². The zero-order valence-electron chi connectivity index (χ0n) is 7.09. The maximum atomic E-state index is 9.22. The first-order valence-corrected chi connectivity index (χ1v) is 6.76. The normalized spacial score (nSPS) is 32.4. The Labute approximate surface area is 88.4 Å². The van der Waals surface area contributed by atoms with Crippen molar-refractivity contribution in [3.63, 3.8) is 0 Å². The van der Waals surface area contributed by atoms with Gasteiger partial charge in [-0.15, -0.1) is 0 Å². The van der Waals surface area contributed by atoms with Crippen LogP contribution in [0.5, 0.6) is 0 Å². The fraction of sp³-hybridized carbons (Fsp3) is 1.00. The summed E-state index contributed by atoms with van der Waals surface area (Å²) in [5.74, 6) is -2.82. The van der Waals surface area contributed by atoms with E-state index in [1.807, 2.05) is 0 Å². The summed E-state index contributed by atoms with van der Waals surface area (Å²) in [5.41, 5.74) is 0. The SMILES string of the molecule is OCC(O)(O)OP1NPN(O)P(O)N1O. The number of aliphatic hydroxyl groups is 3. The maximum absolute atomic E-state index is 9.22. The predicted molar refractivity (Wildman–Crippen MR) is 50.1 cm³/mol. The first-order valence-electron chi connectivity index (χ1n) is 3.40. The molecule has 1 aliphatic rings. The fourth-order valence-corrected chi connectivity index (χ4v) is 4.91. The summed E-state index contributed by atoms with van der Waals surface area (Å²) in [6.07, 6.45) is 0. The minimum Gasteiger partial charge on any atom is -0.388 e. The van der Waals surface area contributed by atoms with Gasteiger partial charge in [0.25, 0.3) is 0 Å². The van der Waals surface area contributed by atoms with E-state index < -0.39 is 38.4 Å². The van der Waals surface area contributed by atoms with Gasteiger partial charge in [0.1, 0.15) is 6.61 Å². The molecule has 15 heavy (non-hydrogen) atoms. The Kier molecular flexibility index (Phi) is 5.10. The lowest BCUT2D eigenvalue weighted by Crippen LogP contribution is -2.38. The summed E-state index contributed by atoms with van der Waals surface area (Å²) in [6, 6.07) is 0. The highest BCUT2D eigenvalue weighted by Gasteiger charge is 2.40. The van der Waals surface area contributed by atoms with E-state index in [9.17, 15) is 10.1 Å². The molecule has 1 aliphatic heterocycles. The fourth-order valence-electron chi connectivity index (χ4n) is 0.552. The summed E-state index contributed by atoms with van der Waals surface area (Å²) < 4.78 is 5.13. The Balaban J connectivity index is 2.56. The zero-order chi connectivity index (χ0) is 11.6. The highest BCUT2D eigenvalue weighted by Crippen LogP contribution is 2.62. The smallest absolute Gasteiger partial charge is 0.307 e. The van der Waals surface area contributed by atoms with E-state index in [0.717, 1.165) is 0 Å². The van der Waals surface area contributed by atoms with Crippen LogP contribution < -0.4 is 4.86 Å². The van der Waals surface area contributed by atoms with Gasteiger partial charge in [0, 0.05) is 0 Å². The Morgan fingerprint density at radius 1 is 1.40 bits per heavy atom. The molecule has 3 atom stereocenters. The quantitative estimate of drug-likeness (QED) is 0.242. The minimum atomic E-state index is -2.82. The van der Waals surface area contributed by atoms with Gasteiger partial charge in [-0.2, -0.15) is 0 Å². The van der Waals surface area contributed by atoms with Gasteiger partial charge < -0.3 is 25.4 Å². The molecule has 0 bridgehead atoms. The van der Waals surface area contributed by atoms with E-state index >= 15 is 0 Å². The Bertz CT molecular complexity index is 220. The third-order valence-electron chi connectivity index (χ3n) is 1.18. The van der Waals surface area contributed by atoms with Gasteiger partial charge in [0.15, 0.2) is 0 Å². The molecule has 7 N–H and O–H groups in total. The molecule has 0 aromatic heterocycles. The molecule has 90 valence electrons. The van der Waals surface area contributed by atoms with Crippen molar-refractivity contribution in [2.75, 3.05) is 6.61 Å². The van der Waals surface area contributed by atoms with Gasteiger partial charge in [0.05, 0.1) is 8.88 Å². The van der Waals surface area contributed by atoms with Crippen LogP contribution in [0.1, 0.15) is 0 Å². The van der Waals surface area contributed by atoms with Gasteiger partial charge >= 0.3 is 5.97 Å². The third kappa shape index (κ3) is 3.69. The first-order chi connectivity index (χ1) is 6.87. The molecule has 3 unspecified atom stereocenters. The number of nitrogens with zero attached hydrogens (tertiary/aromatic N) is 2. The average molecular weight is 281 g/mol. The van der Waals surface area contributed by atoms with Crippen LogP contribution in [-0.2, 0) is 4.52 Å². The van der Waals surface area contributed by atoms with Crippen LogP contribution in [0.15, 0.2) is 0 Å². The molecule has 13 heteroatoms. The number of aliphatic hydroxyl groups excluding tert-OH is 1. The van der Waals surface area contributed by atoms with Gasteiger partial charge in [-0.05, 0) is 0 Å². The number of hydrogen-bond acceptors (Lipinski definition) is 10. The van der Waals surface area contributed by atoms with Crippen molar-refractivity contribution in [2.45, 2.75) is 5.97 Å². The van der Waals surface area contributed by atoms with Gasteiger partial charge in [0.2, 0.25) is 16.9 Å². The molecule has 0 radical (unpaired) electrons. The monoisotopic (exact) mass is 281 g/mol. The summed E-state index contributed by atoms with van der Waals surface area (Å²) in [4.78, 5) is 11.6. The number of rotatable bonds is 3. The molecule has 0 saturated carbocycles. The molecular formula is C2H10N3O7P3. The zero-order valence-corrected chi connectivity index (χ0v) is 9.88. The summed E-state index contributed by atoms with van der Waals surface area (Å²) >= 11 is 0. The molecule has 1 rings (SSSR count). The predicted octanol–water partition coefficient (Wildman–Crippen LogP) is -1.43. The van der Waals surface area contributed by atoms with Gasteiger partial charge in [-0.3, -0.25) is 9.73 Å². The third-order valence-corrected chi connectivity index (χ3v) is 5.79. The first kappa shape index (κ1) is 14.0. The molecule has 0 spiro atoms. The lowest BCUT2D eigenvalue weighted by Gasteiger charge is -2.37. The van der Waals surface area contributed by atoms with Gasteiger partial charge in [-0.25, -0.2) is 4.86 Å². The van der Waals surface area contributed by atoms with Crippen molar-refractivity contribution in [1.29, 1.82) is 0 Å². The van der Waals surface area contributed by atoms with E-state index in [2.05, 4.69) is 9.38 Å². The van der Waals surface area contributed by atoms with Crippen molar-refractivity contribution in [3.8, 4) is 0 Å². The van der Waals surface area contributed by atoms with E-state index in [-0.39, 0.29) is 4.60 Å². The Hall–Kier alpha value is 0.890. The topological polar surface area (TPSA) is 149 Å². The standard InChI is InChI=1S/C2H10N3O7P3/c6-1-2(7,8)12-14-3-13-4(9)15(11)5(14)10/h3,6-11,13H,1H2. The van der Waals surface area contributed by atoms with Crippen molar-refractivity contribution in [3.05, 3.63) is 0 Å². The van der Waals surface area contributed by atoms with E-state index in [0.29, 0.717) is 4.60 Å². The van der Waals surface area contributed by atoms with E-state index in [1.54, 1.807) is 0 Å². The highest BCUT2D eigenvalue weighted by atomic mass is 31.3. The van der Waals surface area contributed by atoms with Crippen LogP contribution in [0, 0.1) is 0 Å². The van der Waals surface area contributed by atoms with E-state index in [1.165, 1.54) is 0 Å².